The number of rotatable bonds is 11. The highest BCUT2D eigenvalue weighted by atomic mass is 35.5. The lowest BCUT2D eigenvalue weighted by atomic mass is 9.90. The molecule has 1 heterocycles. The van der Waals surface area contributed by atoms with E-state index in [9.17, 15) is 4.21 Å². The summed E-state index contributed by atoms with van der Waals surface area (Å²) < 4.78 is 19.0. The second kappa shape index (κ2) is 15.1. The number of nitrogens with one attached hydrogen (secondary N) is 2. The molecule has 0 fully saturated rings. The van der Waals surface area contributed by atoms with E-state index in [-0.39, 0.29) is 11.4 Å². The maximum Gasteiger partial charge on any atom is 0.229 e. The van der Waals surface area contributed by atoms with Gasteiger partial charge in [0, 0.05) is 5.25 Å². The number of benzene rings is 2. The van der Waals surface area contributed by atoms with E-state index in [0.29, 0.717) is 33.3 Å². The molecule has 38 heavy (non-hydrogen) atoms. The average Bonchev–Trinajstić information content (AvgIpc) is 2.89. The summed E-state index contributed by atoms with van der Waals surface area (Å²) in [5.41, 5.74) is 3.99. The second-order valence-electron chi connectivity index (χ2n) is 9.37. The lowest BCUT2D eigenvalue weighted by molar-refractivity contribution is 0.243. The van der Waals surface area contributed by atoms with Gasteiger partial charge in [-0.15, -0.1) is 0 Å². The molecule has 3 aromatic rings. The Labute approximate surface area is 236 Å². The topological polar surface area (TPSA) is 76.1 Å². The minimum atomic E-state index is -1.16. The summed E-state index contributed by atoms with van der Waals surface area (Å²) in [5, 5.41) is 6.93. The zero-order valence-electron chi connectivity index (χ0n) is 24.2. The molecule has 3 rings (SSSR count). The van der Waals surface area contributed by atoms with Gasteiger partial charge in [-0.1, -0.05) is 65.3 Å². The number of para-hydroxylation sites is 1. The third-order valence-electron chi connectivity index (χ3n) is 5.93. The van der Waals surface area contributed by atoms with Crippen LogP contribution in [-0.4, -0.2) is 25.5 Å². The summed E-state index contributed by atoms with van der Waals surface area (Å²) in [7, 11) is -1.16. The first-order valence-corrected chi connectivity index (χ1v) is 15.1. The Kier molecular flexibility index (Phi) is 12.5. The predicted octanol–water partition coefficient (Wildman–Crippen LogP) is 9.16. The summed E-state index contributed by atoms with van der Waals surface area (Å²) >= 11 is 6.44. The Bertz CT molecular complexity index is 1210. The lowest BCUT2D eigenvalue weighted by Gasteiger charge is -2.22. The van der Waals surface area contributed by atoms with Crippen LogP contribution < -0.4 is 15.4 Å². The summed E-state index contributed by atoms with van der Waals surface area (Å²) in [6.45, 7) is 18.4. The van der Waals surface area contributed by atoms with Crippen LogP contribution in [0.1, 0.15) is 85.3 Å². The molecule has 1 unspecified atom stereocenters. The summed E-state index contributed by atoms with van der Waals surface area (Å²) in [5.74, 6) is 2.06. The van der Waals surface area contributed by atoms with Crippen LogP contribution >= 0.6 is 11.6 Å². The van der Waals surface area contributed by atoms with Gasteiger partial charge >= 0.3 is 0 Å². The second-order valence-corrected chi connectivity index (χ2v) is 11.8. The normalized spacial score (nSPS) is 11.8. The molecule has 0 aliphatic heterocycles. The van der Waals surface area contributed by atoms with Crippen molar-refractivity contribution in [1.82, 2.24) is 9.97 Å². The van der Waals surface area contributed by atoms with E-state index in [0.717, 1.165) is 24.3 Å². The van der Waals surface area contributed by atoms with Crippen LogP contribution in [0.3, 0.4) is 0 Å². The number of aromatic nitrogens is 2. The highest BCUT2D eigenvalue weighted by Gasteiger charge is 2.18. The van der Waals surface area contributed by atoms with Crippen LogP contribution in [0.5, 0.6) is 5.75 Å². The van der Waals surface area contributed by atoms with Gasteiger partial charge in [-0.3, -0.25) is 4.21 Å². The minimum absolute atomic E-state index is 0.0170. The molecule has 0 radical (unpaired) electrons. The first-order chi connectivity index (χ1) is 18.1. The number of anilines is 4. The Morgan fingerprint density at radius 2 is 1.66 bits per heavy atom. The molecule has 2 aromatic carbocycles. The Hall–Kier alpha value is -2.64. The molecule has 0 saturated carbocycles. The van der Waals surface area contributed by atoms with Crippen molar-refractivity contribution in [2.75, 3.05) is 10.6 Å². The van der Waals surface area contributed by atoms with Crippen molar-refractivity contribution in [3.63, 3.8) is 0 Å². The molecule has 1 atom stereocenters. The van der Waals surface area contributed by atoms with Crippen molar-refractivity contribution >= 4 is 45.5 Å². The fourth-order valence-corrected chi connectivity index (χ4v) is 5.28. The highest BCUT2D eigenvalue weighted by molar-refractivity contribution is 7.85. The Morgan fingerprint density at radius 1 is 1.00 bits per heavy atom. The molecule has 0 bridgehead atoms. The van der Waals surface area contributed by atoms with Crippen molar-refractivity contribution in [3.8, 4) is 5.75 Å². The van der Waals surface area contributed by atoms with Gasteiger partial charge in [0.2, 0.25) is 5.95 Å². The zero-order chi connectivity index (χ0) is 28.4. The number of hydrogen-bond donors (Lipinski definition) is 2. The third kappa shape index (κ3) is 8.18. The number of ether oxygens (including phenoxy) is 1. The Morgan fingerprint density at radius 3 is 2.26 bits per heavy atom. The van der Waals surface area contributed by atoms with E-state index in [2.05, 4.69) is 53.5 Å². The molecule has 0 saturated heterocycles. The summed E-state index contributed by atoms with van der Waals surface area (Å²) in [4.78, 5) is 9.73. The smallest absolute Gasteiger partial charge is 0.229 e. The molecule has 0 aliphatic carbocycles. The molecule has 0 aliphatic rings. The number of aryl methyl sites for hydroxylation is 1. The molecule has 6 nitrogen and oxygen atoms in total. The van der Waals surface area contributed by atoms with Crippen molar-refractivity contribution in [2.45, 2.75) is 97.3 Å². The molecule has 1 aromatic heterocycles. The predicted molar refractivity (Wildman–Crippen MR) is 163 cm³/mol. The Balaban J connectivity index is 0.00000247. The van der Waals surface area contributed by atoms with Gasteiger partial charge in [-0.05, 0) is 74.9 Å². The number of nitrogens with zero attached hydrogens (tertiary/aromatic N) is 2. The van der Waals surface area contributed by atoms with Crippen molar-refractivity contribution in [2.24, 2.45) is 0 Å². The van der Waals surface area contributed by atoms with E-state index in [1.54, 1.807) is 6.20 Å². The highest BCUT2D eigenvalue weighted by Crippen LogP contribution is 2.37. The quantitative estimate of drug-likeness (QED) is 0.244. The van der Waals surface area contributed by atoms with Gasteiger partial charge in [0.05, 0.1) is 39.4 Å². The largest absolute Gasteiger partial charge is 0.489 e. The standard InChI is InChI=1S/C28H37ClN4O2S.C2H6/c1-8-20(9-2)21-15-25(35-17(3)4)24(14-19(21)7)32-28-30-16-22(29)27(33-28)31-23-12-10-11-13-26(23)36(34)18(5)6;1-2/h10-18,20H,8-9H2,1-7H3,(H2,30,31,32,33);1-2H3. The van der Waals surface area contributed by atoms with Crippen molar-refractivity contribution in [1.29, 1.82) is 0 Å². The van der Waals surface area contributed by atoms with Gasteiger partial charge in [0.15, 0.2) is 5.82 Å². The van der Waals surface area contributed by atoms with Crippen LogP contribution in [0.15, 0.2) is 47.5 Å². The van der Waals surface area contributed by atoms with E-state index in [1.807, 2.05) is 65.8 Å². The van der Waals surface area contributed by atoms with Crippen molar-refractivity contribution in [3.05, 3.63) is 58.7 Å². The van der Waals surface area contributed by atoms with Crippen LogP contribution in [0.4, 0.5) is 23.1 Å². The van der Waals surface area contributed by atoms with Gasteiger partial charge in [-0.2, -0.15) is 4.98 Å². The maximum atomic E-state index is 12.8. The molecular weight excluding hydrogens is 516 g/mol. The van der Waals surface area contributed by atoms with Crippen LogP contribution in [-0.2, 0) is 10.8 Å². The maximum absolute atomic E-state index is 12.8. The van der Waals surface area contributed by atoms with Crippen LogP contribution in [0.25, 0.3) is 0 Å². The monoisotopic (exact) mass is 558 g/mol. The van der Waals surface area contributed by atoms with Crippen molar-refractivity contribution < 1.29 is 8.95 Å². The SMILES string of the molecule is CC.CCC(CC)c1cc(OC(C)C)c(Nc2ncc(Cl)c(Nc3ccccc3S(=O)C(C)C)n2)cc1C. The fourth-order valence-electron chi connectivity index (χ4n) is 4.08. The summed E-state index contributed by atoms with van der Waals surface area (Å²) in [6.07, 6.45) is 3.72. The first kappa shape index (κ1) is 31.6. The molecule has 0 amide bonds. The van der Waals surface area contributed by atoms with Gasteiger partial charge in [-0.25, -0.2) is 4.98 Å². The third-order valence-corrected chi connectivity index (χ3v) is 7.85. The molecule has 208 valence electrons. The lowest BCUT2D eigenvalue weighted by Crippen LogP contribution is -2.11. The fraction of sp³-hybridized carbons (Fsp3) is 0.467. The zero-order valence-corrected chi connectivity index (χ0v) is 25.8. The van der Waals surface area contributed by atoms with E-state index >= 15 is 0 Å². The summed E-state index contributed by atoms with van der Waals surface area (Å²) in [6, 6.07) is 11.7. The molecular formula is C30H43ClN4O2S. The first-order valence-electron chi connectivity index (χ1n) is 13.5. The minimum Gasteiger partial charge on any atom is -0.489 e. The van der Waals surface area contributed by atoms with E-state index in [4.69, 9.17) is 16.3 Å². The van der Waals surface area contributed by atoms with Crippen LogP contribution in [0.2, 0.25) is 5.02 Å². The van der Waals surface area contributed by atoms with E-state index in [1.165, 1.54) is 11.1 Å². The molecule has 0 spiro atoms. The van der Waals surface area contributed by atoms with Gasteiger partial charge < -0.3 is 15.4 Å². The van der Waals surface area contributed by atoms with Gasteiger partial charge in [0.25, 0.3) is 0 Å². The number of halogens is 1. The van der Waals surface area contributed by atoms with Gasteiger partial charge in [0.1, 0.15) is 10.8 Å². The molecule has 8 heteroatoms. The number of hydrogen-bond acceptors (Lipinski definition) is 6. The molecule has 2 N–H and O–H groups in total. The average molecular weight is 559 g/mol. The van der Waals surface area contributed by atoms with E-state index < -0.39 is 10.8 Å². The van der Waals surface area contributed by atoms with Crippen LogP contribution in [0, 0.1) is 6.92 Å².